The van der Waals surface area contributed by atoms with E-state index in [-0.39, 0.29) is 0 Å². The van der Waals surface area contributed by atoms with E-state index in [1.54, 1.807) is 6.08 Å². The Morgan fingerprint density at radius 2 is 2.29 bits per heavy atom. The maximum Gasteiger partial charge on any atom is 0.127 e. The molecule has 0 bridgehead atoms. The first-order valence-corrected chi connectivity index (χ1v) is 4.74. The summed E-state index contributed by atoms with van der Waals surface area (Å²) in [7, 11) is 0. The quantitative estimate of drug-likeness (QED) is 0.686. The van der Waals surface area contributed by atoms with Crippen LogP contribution in [-0.4, -0.2) is 6.61 Å². The average molecular weight is 187 g/mol. The molecule has 1 aromatic rings. The number of hydrogen-bond donors (Lipinski definition) is 0. The lowest BCUT2D eigenvalue weighted by Crippen LogP contribution is -1.97. The third-order valence-corrected chi connectivity index (χ3v) is 1.92. The van der Waals surface area contributed by atoms with Crippen molar-refractivity contribution in [2.45, 2.75) is 13.3 Å². The Labute approximate surface area is 85.7 Å². The molecule has 1 rings (SSSR count). The van der Waals surface area contributed by atoms with Crippen LogP contribution < -0.4 is 4.74 Å². The van der Waals surface area contributed by atoms with Crippen LogP contribution in [-0.2, 0) is 0 Å². The third-order valence-electron chi connectivity index (χ3n) is 1.92. The zero-order valence-electron chi connectivity index (χ0n) is 8.55. The molecule has 0 N–H and O–H groups in total. The van der Waals surface area contributed by atoms with Gasteiger partial charge in [0.2, 0.25) is 0 Å². The second-order valence-electron chi connectivity index (χ2n) is 2.95. The molecular formula is C13H15O. The Kier molecular flexibility index (Phi) is 3.99. The lowest BCUT2D eigenvalue weighted by Gasteiger charge is -2.09. The molecule has 0 aliphatic carbocycles. The molecule has 73 valence electrons. The van der Waals surface area contributed by atoms with Crippen molar-refractivity contribution < 1.29 is 4.74 Å². The van der Waals surface area contributed by atoms with Crippen molar-refractivity contribution in [3.8, 4) is 5.75 Å². The predicted molar refractivity (Wildman–Crippen MR) is 60.3 cm³/mol. The second kappa shape index (κ2) is 5.28. The Morgan fingerprint density at radius 1 is 1.50 bits per heavy atom. The lowest BCUT2D eigenvalue weighted by atomic mass is 10.1. The smallest absolute Gasteiger partial charge is 0.127 e. The van der Waals surface area contributed by atoms with Crippen molar-refractivity contribution >= 4 is 6.08 Å². The predicted octanol–water partition coefficient (Wildman–Crippen LogP) is 3.46. The summed E-state index contributed by atoms with van der Waals surface area (Å²) >= 11 is 0. The zero-order chi connectivity index (χ0) is 10.4. The SMILES string of the molecule is C=[C]c1cccc(OCCC)c1C=C. The largest absolute Gasteiger partial charge is 0.493 e. The molecule has 0 heterocycles. The van der Waals surface area contributed by atoms with Gasteiger partial charge in [-0.15, -0.1) is 0 Å². The minimum atomic E-state index is 0.724. The molecule has 0 aliphatic heterocycles. The molecule has 0 aliphatic rings. The first-order valence-electron chi connectivity index (χ1n) is 4.74. The van der Waals surface area contributed by atoms with Gasteiger partial charge in [0.1, 0.15) is 5.75 Å². The third kappa shape index (κ3) is 2.25. The van der Waals surface area contributed by atoms with Crippen LogP contribution >= 0.6 is 0 Å². The summed E-state index contributed by atoms with van der Waals surface area (Å²) < 4.78 is 5.58. The van der Waals surface area contributed by atoms with Crippen LogP contribution in [0.5, 0.6) is 5.75 Å². The van der Waals surface area contributed by atoms with Crippen LogP contribution in [0.25, 0.3) is 6.08 Å². The fraction of sp³-hybridized carbons (Fsp3) is 0.231. The van der Waals surface area contributed by atoms with Gasteiger partial charge in [-0.3, -0.25) is 0 Å². The van der Waals surface area contributed by atoms with Gasteiger partial charge in [-0.25, -0.2) is 0 Å². The van der Waals surface area contributed by atoms with Crippen LogP contribution in [0.2, 0.25) is 0 Å². The van der Waals surface area contributed by atoms with Crippen LogP contribution in [0, 0.1) is 6.08 Å². The molecule has 0 saturated heterocycles. The van der Waals surface area contributed by atoms with E-state index in [2.05, 4.69) is 26.2 Å². The highest BCUT2D eigenvalue weighted by molar-refractivity contribution is 5.61. The van der Waals surface area contributed by atoms with E-state index in [1.807, 2.05) is 18.2 Å². The van der Waals surface area contributed by atoms with E-state index in [4.69, 9.17) is 4.74 Å². The van der Waals surface area contributed by atoms with Crippen molar-refractivity contribution in [2.75, 3.05) is 6.61 Å². The Morgan fingerprint density at radius 3 is 2.86 bits per heavy atom. The summed E-state index contributed by atoms with van der Waals surface area (Å²) in [5, 5.41) is 0. The number of rotatable bonds is 5. The fourth-order valence-electron chi connectivity index (χ4n) is 1.25. The molecule has 1 heteroatoms. The Hall–Kier alpha value is -1.50. The highest BCUT2D eigenvalue weighted by atomic mass is 16.5. The highest BCUT2D eigenvalue weighted by Crippen LogP contribution is 2.23. The van der Waals surface area contributed by atoms with Gasteiger partial charge in [0.05, 0.1) is 6.61 Å². The summed E-state index contributed by atoms with van der Waals surface area (Å²) in [6.07, 6.45) is 5.64. The number of benzene rings is 1. The van der Waals surface area contributed by atoms with Crippen LogP contribution in [0.4, 0.5) is 0 Å². The summed E-state index contributed by atoms with van der Waals surface area (Å²) in [6, 6.07) is 5.82. The monoisotopic (exact) mass is 187 g/mol. The van der Waals surface area contributed by atoms with Gasteiger partial charge in [0.25, 0.3) is 0 Å². The minimum Gasteiger partial charge on any atom is -0.493 e. The molecule has 0 aromatic heterocycles. The van der Waals surface area contributed by atoms with Crippen LogP contribution in [0.1, 0.15) is 24.5 Å². The summed E-state index contributed by atoms with van der Waals surface area (Å²) in [5.41, 5.74) is 1.91. The summed E-state index contributed by atoms with van der Waals surface area (Å²) in [6.45, 7) is 10.2. The van der Waals surface area contributed by atoms with Gasteiger partial charge in [-0.2, -0.15) is 0 Å². The van der Waals surface area contributed by atoms with E-state index in [0.29, 0.717) is 0 Å². The molecule has 1 nitrogen and oxygen atoms in total. The standard InChI is InChI=1S/C13H15O/c1-4-10-14-13-9-7-8-11(5-2)12(13)6-3/h6-9H,2-4,10H2,1H3. The van der Waals surface area contributed by atoms with Gasteiger partial charge in [0, 0.05) is 5.56 Å². The van der Waals surface area contributed by atoms with Crippen molar-refractivity contribution in [2.24, 2.45) is 0 Å². The highest BCUT2D eigenvalue weighted by Gasteiger charge is 2.03. The maximum absolute atomic E-state index is 5.58. The molecule has 0 spiro atoms. The minimum absolute atomic E-state index is 0.724. The van der Waals surface area contributed by atoms with Gasteiger partial charge >= 0.3 is 0 Å². The lowest BCUT2D eigenvalue weighted by molar-refractivity contribution is 0.316. The van der Waals surface area contributed by atoms with Gasteiger partial charge < -0.3 is 4.74 Å². The average Bonchev–Trinajstić information content (AvgIpc) is 2.25. The molecule has 0 atom stereocenters. The van der Waals surface area contributed by atoms with Crippen LogP contribution in [0.3, 0.4) is 0 Å². The second-order valence-corrected chi connectivity index (χ2v) is 2.95. The topological polar surface area (TPSA) is 9.23 Å². The van der Waals surface area contributed by atoms with Gasteiger partial charge in [-0.1, -0.05) is 38.3 Å². The molecular weight excluding hydrogens is 172 g/mol. The van der Waals surface area contributed by atoms with E-state index in [0.717, 1.165) is 29.9 Å². The van der Waals surface area contributed by atoms with Gasteiger partial charge in [-0.05, 0) is 24.1 Å². The normalized spacial score (nSPS) is 9.50. The van der Waals surface area contributed by atoms with Crippen molar-refractivity contribution in [3.05, 3.63) is 48.6 Å². The molecule has 0 amide bonds. The first kappa shape index (κ1) is 10.6. The fourth-order valence-corrected chi connectivity index (χ4v) is 1.25. The van der Waals surface area contributed by atoms with Crippen molar-refractivity contribution in [1.29, 1.82) is 0 Å². The van der Waals surface area contributed by atoms with E-state index in [1.165, 1.54) is 0 Å². The molecule has 0 saturated carbocycles. The Balaban J connectivity index is 3.02. The maximum atomic E-state index is 5.58. The number of ether oxygens (including phenoxy) is 1. The molecule has 0 fully saturated rings. The summed E-state index contributed by atoms with van der Waals surface area (Å²) in [4.78, 5) is 0. The Bertz CT molecular complexity index is 326. The van der Waals surface area contributed by atoms with Gasteiger partial charge in [0.15, 0.2) is 0 Å². The van der Waals surface area contributed by atoms with E-state index >= 15 is 0 Å². The zero-order valence-corrected chi connectivity index (χ0v) is 8.55. The van der Waals surface area contributed by atoms with Crippen molar-refractivity contribution in [3.63, 3.8) is 0 Å². The summed E-state index contributed by atoms with van der Waals surface area (Å²) in [5.74, 6) is 0.857. The number of hydrogen-bond acceptors (Lipinski definition) is 1. The van der Waals surface area contributed by atoms with Crippen molar-refractivity contribution in [1.82, 2.24) is 0 Å². The molecule has 1 radical (unpaired) electrons. The molecule has 1 aromatic carbocycles. The molecule has 0 unspecified atom stereocenters. The molecule has 14 heavy (non-hydrogen) atoms. The van der Waals surface area contributed by atoms with E-state index < -0.39 is 0 Å². The van der Waals surface area contributed by atoms with E-state index in [9.17, 15) is 0 Å². The van der Waals surface area contributed by atoms with Crippen LogP contribution in [0.15, 0.2) is 31.4 Å². The first-order chi connectivity index (χ1) is 6.83.